The minimum absolute atomic E-state index is 0.0675. The molecular formula is C10H9N5O2. The molecule has 0 spiro atoms. The van der Waals surface area contributed by atoms with E-state index in [1.165, 1.54) is 18.2 Å². The van der Waals surface area contributed by atoms with Crippen LogP contribution in [-0.2, 0) is 0 Å². The van der Waals surface area contributed by atoms with Crippen molar-refractivity contribution in [3.05, 3.63) is 44.3 Å². The average Bonchev–Trinajstić information content (AvgIpc) is 2.30. The summed E-state index contributed by atoms with van der Waals surface area (Å²) in [5.41, 5.74) is 14.4. The fourth-order valence-electron chi connectivity index (χ4n) is 1.09. The Morgan fingerprint density at radius 3 is 2.94 bits per heavy atom. The quantitative estimate of drug-likeness (QED) is 0.125. The predicted molar refractivity (Wildman–Crippen MR) is 63.0 cm³/mol. The molecule has 0 unspecified atom stereocenters. The lowest BCUT2D eigenvalue weighted by Gasteiger charge is -1.97. The van der Waals surface area contributed by atoms with Crippen molar-refractivity contribution in [1.82, 2.24) is 0 Å². The summed E-state index contributed by atoms with van der Waals surface area (Å²) in [5, 5.41) is 13.8. The van der Waals surface area contributed by atoms with Crippen molar-refractivity contribution in [3.8, 4) is 11.8 Å². The number of nitrogens with zero attached hydrogens (tertiary/aromatic N) is 4. The molecular weight excluding hydrogens is 222 g/mol. The SMILES string of the molecule is [N-]=[N+]=NCCC#Cc1ccc([N+](=O)[O-])cc1N. The van der Waals surface area contributed by atoms with E-state index >= 15 is 0 Å². The molecule has 0 amide bonds. The van der Waals surface area contributed by atoms with Crippen LogP contribution >= 0.6 is 0 Å². The summed E-state index contributed by atoms with van der Waals surface area (Å²) >= 11 is 0. The second kappa shape index (κ2) is 6.00. The van der Waals surface area contributed by atoms with Gasteiger partial charge in [-0.1, -0.05) is 17.0 Å². The maximum atomic E-state index is 10.5. The van der Waals surface area contributed by atoms with Gasteiger partial charge in [-0.25, -0.2) is 0 Å². The van der Waals surface area contributed by atoms with Crippen molar-refractivity contribution in [2.75, 3.05) is 12.3 Å². The smallest absolute Gasteiger partial charge is 0.271 e. The first-order valence-corrected chi connectivity index (χ1v) is 4.69. The first-order valence-electron chi connectivity index (χ1n) is 4.69. The van der Waals surface area contributed by atoms with E-state index in [9.17, 15) is 10.1 Å². The van der Waals surface area contributed by atoms with E-state index in [2.05, 4.69) is 21.9 Å². The molecule has 0 heterocycles. The van der Waals surface area contributed by atoms with Gasteiger partial charge in [-0.05, 0) is 11.6 Å². The fraction of sp³-hybridized carbons (Fsp3) is 0.200. The largest absolute Gasteiger partial charge is 0.398 e. The first-order chi connectivity index (χ1) is 8.15. The van der Waals surface area contributed by atoms with Crippen molar-refractivity contribution in [3.63, 3.8) is 0 Å². The van der Waals surface area contributed by atoms with Gasteiger partial charge in [-0.2, -0.15) is 0 Å². The summed E-state index contributed by atoms with van der Waals surface area (Å²) in [6, 6.07) is 4.10. The van der Waals surface area contributed by atoms with E-state index in [-0.39, 0.29) is 17.9 Å². The standard InChI is InChI=1S/C10H9N5O2/c11-10-7-9(15(16)17)5-4-8(10)3-1-2-6-13-14-12/h4-5,7H,2,6,11H2. The molecule has 86 valence electrons. The van der Waals surface area contributed by atoms with Crippen molar-refractivity contribution >= 4 is 11.4 Å². The number of nitro benzene ring substituents is 1. The second-order valence-electron chi connectivity index (χ2n) is 3.03. The molecule has 0 radical (unpaired) electrons. The molecule has 0 aliphatic rings. The normalized spacial score (nSPS) is 8.71. The maximum absolute atomic E-state index is 10.5. The molecule has 17 heavy (non-hydrogen) atoms. The Morgan fingerprint density at radius 1 is 1.59 bits per heavy atom. The molecule has 0 saturated heterocycles. The molecule has 2 N–H and O–H groups in total. The van der Waals surface area contributed by atoms with E-state index < -0.39 is 4.92 Å². The highest BCUT2D eigenvalue weighted by Crippen LogP contribution is 2.18. The van der Waals surface area contributed by atoms with Gasteiger partial charge in [0.1, 0.15) is 0 Å². The van der Waals surface area contributed by atoms with Crippen LogP contribution in [0.5, 0.6) is 0 Å². The highest BCUT2D eigenvalue weighted by molar-refractivity contribution is 5.60. The van der Waals surface area contributed by atoms with Crippen molar-refractivity contribution in [2.45, 2.75) is 6.42 Å². The predicted octanol–water partition coefficient (Wildman–Crippen LogP) is 2.23. The second-order valence-corrected chi connectivity index (χ2v) is 3.03. The van der Waals surface area contributed by atoms with E-state index in [0.29, 0.717) is 12.0 Å². The molecule has 0 bridgehead atoms. The first kappa shape index (κ1) is 12.4. The average molecular weight is 231 g/mol. The number of benzene rings is 1. The number of rotatable bonds is 3. The molecule has 0 aromatic heterocycles. The van der Waals surface area contributed by atoms with Crippen LogP contribution in [-0.4, -0.2) is 11.5 Å². The fourth-order valence-corrected chi connectivity index (χ4v) is 1.09. The van der Waals surface area contributed by atoms with Gasteiger partial charge >= 0.3 is 0 Å². The lowest BCUT2D eigenvalue weighted by Crippen LogP contribution is -1.94. The molecule has 0 fully saturated rings. The zero-order valence-electron chi connectivity index (χ0n) is 8.83. The van der Waals surface area contributed by atoms with Crippen molar-refractivity contribution in [2.24, 2.45) is 5.11 Å². The molecule has 0 aliphatic heterocycles. The van der Waals surface area contributed by atoms with Crippen molar-refractivity contribution < 1.29 is 4.92 Å². The minimum Gasteiger partial charge on any atom is -0.398 e. The summed E-state index contributed by atoms with van der Waals surface area (Å²) in [7, 11) is 0. The van der Waals surface area contributed by atoms with Gasteiger partial charge in [0.05, 0.1) is 10.6 Å². The van der Waals surface area contributed by atoms with Crippen LogP contribution in [0.15, 0.2) is 23.3 Å². The highest BCUT2D eigenvalue weighted by Gasteiger charge is 2.06. The van der Waals surface area contributed by atoms with Crippen LogP contribution in [0.2, 0.25) is 0 Å². The van der Waals surface area contributed by atoms with E-state index in [0.717, 1.165) is 0 Å². The number of hydrogen-bond donors (Lipinski definition) is 1. The summed E-state index contributed by atoms with van der Waals surface area (Å²) in [6.07, 6.45) is 0.417. The summed E-state index contributed by atoms with van der Waals surface area (Å²) < 4.78 is 0. The van der Waals surface area contributed by atoms with Crippen LogP contribution in [0.25, 0.3) is 10.4 Å². The molecule has 1 aromatic carbocycles. The van der Waals surface area contributed by atoms with Crippen LogP contribution in [0.3, 0.4) is 0 Å². The number of nitrogens with two attached hydrogens (primary N) is 1. The Labute approximate surface area is 97.0 Å². The monoisotopic (exact) mass is 231 g/mol. The van der Waals surface area contributed by atoms with Gasteiger partial charge in [-0.15, -0.1) is 0 Å². The van der Waals surface area contributed by atoms with E-state index in [1.54, 1.807) is 0 Å². The van der Waals surface area contributed by atoms with Gasteiger partial charge < -0.3 is 5.73 Å². The molecule has 1 rings (SSSR count). The third kappa shape index (κ3) is 3.74. The van der Waals surface area contributed by atoms with Gasteiger partial charge in [0.25, 0.3) is 5.69 Å². The Morgan fingerprint density at radius 2 is 2.35 bits per heavy atom. The third-order valence-electron chi connectivity index (χ3n) is 1.87. The van der Waals surface area contributed by atoms with Gasteiger partial charge in [-0.3, -0.25) is 10.1 Å². The van der Waals surface area contributed by atoms with Gasteiger partial charge in [0, 0.05) is 35.6 Å². The van der Waals surface area contributed by atoms with E-state index in [1.807, 2.05) is 0 Å². The lowest BCUT2D eigenvalue weighted by molar-refractivity contribution is -0.384. The van der Waals surface area contributed by atoms with Crippen LogP contribution in [0, 0.1) is 22.0 Å². The molecule has 0 aliphatic carbocycles. The number of nitro groups is 1. The summed E-state index contributed by atoms with van der Waals surface area (Å²) in [5.74, 6) is 5.52. The van der Waals surface area contributed by atoms with Crippen LogP contribution < -0.4 is 5.73 Å². The Bertz CT molecular complexity index is 537. The molecule has 0 saturated carbocycles. The number of anilines is 1. The Hall–Kier alpha value is -2.71. The van der Waals surface area contributed by atoms with Crippen LogP contribution in [0.1, 0.15) is 12.0 Å². The number of nitrogen functional groups attached to an aromatic ring is 1. The maximum Gasteiger partial charge on any atom is 0.271 e. The zero-order valence-corrected chi connectivity index (χ0v) is 8.83. The summed E-state index contributed by atoms with van der Waals surface area (Å²) in [6.45, 7) is 0.288. The topological polar surface area (TPSA) is 118 Å². The lowest BCUT2D eigenvalue weighted by atomic mass is 10.1. The molecule has 1 aromatic rings. The van der Waals surface area contributed by atoms with Gasteiger partial charge in [0.2, 0.25) is 0 Å². The van der Waals surface area contributed by atoms with Gasteiger partial charge in [0.15, 0.2) is 0 Å². The van der Waals surface area contributed by atoms with E-state index in [4.69, 9.17) is 11.3 Å². The molecule has 0 atom stereocenters. The number of azide groups is 1. The molecule has 7 heteroatoms. The molecule has 7 nitrogen and oxygen atoms in total. The minimum atomic E-state index is -0.519. The van der Waals surface area contributed by atoms with Crippen LogP contribution in [0.4, 0.5) is 11.4 Å². The highest BCUT2D eigenvalue weighted by atomic mass is 16.6. The third-order valence-corrected chi connectivity index (χ3v) is 1.87. The Balaban J connectivity index is 2.78. The number of hydrogen-bond acceptors (Lipinski definition) is 4. The zero-order chi connectivity index (χ0) is 12.7. The van der Waals surface area contributed by atoms with Crippen molar-refractivity contribution in [1.29, 1.82) is 0 Å². The Kier molecular flexibility index (Phi) is 4.36. The number of non-ortho nitro benzene ring substituents is 1. The summed E-state index contributed by atoms with van der Waals surface area (Å²) in [4.78, 5) is 12.5.